The molecule has 0 saturated heterocycles. The molecule has 90 valence electrons. The van der Waals surface area contributed by atoms with Crippen LogP contribution < -0.4 is 4.90 Å². The van der Waals surface area contributed by atoms with Crippen LogP contribution in [0.4, 0.5) is 10.5 Å². The Bertz CT molecular complexity index is 440. The van der Waals surface area contributed by atoms with Gasteiger partial charge in [0.05, 0.1) is 5.69 Å². The average molecular weight is 252 g/mol. The Balaban J connectivity index is 2.90. The number of hydrogen-bond acceptors (Lipinski definition) is 2. The summed E-state index contributed by atoms with van der Waals surface area (Å²) < 4.78 is 5.19. The highest BCUT2D eigenvalue weighted by molar-refractivity contribution is 6.30. The summed E-state index contributed by atoms with van der Waals surface area (Å²) in [5, 5.41) is 0.579. The van der Waals surface area contributed by atoms with E-state index in [2.05, 4.69) is 6.04 Å². The van der Waals surface area contributed by atoms with Gasteiger partial charge in [-0.3, -0.25) is 0 Å². The van der Waals surface area contributed by atoms with Crippen LogP contribution in [-0.4, -0.2) is 11.7 Å². The molecule has 0 aliphatic carbocycles. The van der Waals surface area contributed by atoms with Crippen molar-refractivity contribution < 1.29 is 9.53 Å². The summed E-state index contributed by atoms with van der Waals surface area (Å²) in [7, 11) is 0. The fraction of sp³-hybridized carbons (Fsp3) is 0.308. The number of terminal acetylenes is 1. The first-order valence-corrected chi connectivity index (χ1v) is 5.46. The van der Waals surface area contributed by atoms with E-state index in [1.807, 2.05) is 0 Å². The number of amides is 1. The monoisotopic (exact) mass is 251 g/mol. The van der Waals surface area contributed by atoms with Crippen LogP contribution in [0.2, 0.25) is 5.02 Å². The maximum Gasteiger partial charge on any atom is 0.426 e. The van der Waals surface area contributed by atoms with Crippen LogP contribution in [0.5, 0.6) is 0 Å². The summed E-state index contributed by atoms with van der Waals surface area (Å²) in [6.45, 7) is 5.34. The second-order valence-corrected chi connectivity index (χ2v) is 4.86. The fourth-order valence-electron chi connectivity index (χ4n) is 1.13. The number of rotatable bonds is 1. The Labute approximate surface area is 106 Å². The highest BCUT2D eigenvalue weighted by Gasteiger charge is 2.22. The van der Waals surface area contributed by atoms with Gasteiger partial charge in [0, 0.05) is 11.1 Å². The lowest BCUT2D eigenvalue weighted by molar-refractivity contribution is 0.0600. The van der Waals surface area contributed by atoms with E-state index in [-0.39, 0.29) is 0 Å². The van der Waals surface area contributed by atoms with Crippen molar-refractivity contribution in [3.63, 3.8) is 0 Å². The molecule has 0 aliphatic rings. The summed E-state index contributed by atoms with van der Waals surface area (Å²) in [4.78, 5) is 12.9. The number of carbonyl (C=O) groups is 1. The van der Waals surface area contributed by atoms with Crippen molar-refractivity contribution in [1.29, 1.82) is 0 Å². The van der Waals surface area contributed by atoms with Crippen molar-refractivity contribution in [2.45, 2.75) is 26.4 Å². The van der Waals surface area contributed by atoms with E-state index in [9.17, 15) is 4.79 Å². The van der Waals surface area contributed by atoms with E-state index in [0.717, 1.165) is 4.90 Å². The zero-order valence-electron chi connectivity index (χ0n) is 10.0. The Hall–Kier alpha value is -1.66. The minimum absolute atomic E-state index is 0.547. The van der Waals surface area contributed by atoms with Crippen molar-refractivity contribution in [2.75, 3.05) is 4.90 Å². The lowest BCUT2D eigenvalue weighted by Crippen LogP contribution is -2.33. The van der Waals surface area contributed by atoms with Crippen LogP contribution in [0.25, 0.3) is 0 Å². The normalized spacial score (nSPS) is 10.5. The fourth-order valence-corrected chi connectivity index (χ4v) is 1.26. The highest BCUT2D eigenvalue weighted by Crippen LogP contribution is 2.19. The average Bonchev–Trinajstić information content (AvgIpc) is 2.19. The van der Waals surface area contributed by atoms with Gasteiger partial charge in [0.2, 0.25) is 0 Å². The molecule has 4 heteroatoms. The van der Waals surface area contributed by atoms with E-state index < -0.39 is 11.7 Å². The molecule has 0 bridgehead atoms. The van der Waals surface area contributed by atoms with Crippen LogP contribution >= 0.6 is 11.6 Å². The lowest BCUT2D eigenvalue weighted by Gasteiger charge is -2.23. The predicted molar refractivity (Wildman–Crippen MR) is 69.0 cm³/mol. The van der Waals surface area contributed by atoms with Crippen LogP contribution in [-0.2, 0) is 4.74 Å². The number of ether oxygens (including phenoxy) is 1. The number of carbonyl (C=O) groups excluding carboxylic acids is 1. The Kier molecular flexibility index (Phi) is 4.03. The minimum Gasteiger partial charge on any atom is -0.443 e. The molecule has 0 aliphatic heterocycles. The Morgan fingerprint density at radius 2 is 1.88 bits per heavy atom. The molecule has 1 aromatic carbocycles. The number of anilines is 1. The van der Waals surface area contributed by atoms with Crippen LogP contribution in [0.15, 0.2) is 24.3 Å². The lowest BCUT2D eigenvalue weighted by atomic mass is 10.2. The third-order valence-electron chi connectivity index (χ3n) is 1.79. The van der Waals surface area contributed by atoms with Crippen molar-refractivity contribution in [3.8, 4) is 12.5 Å². The van der Waals surface area contributed by atoms with E-state index >= 15 is 0 Å². The zero-order valence-corrected chi connectivity index (χ0v) is 10.8. The molecule has 3 nitrogen and oxygen atoms in total. The van der Waals surface area contributed by atoms with Gasteiger partial charge < -0.3 is 4.74 Å². The highest BCUT2D eigenvalue weighted by atomic mass is 35.5. The molecule has 0 heterocycles. The van der Waals surface area contributed by atoms with E-state index in [0.29, 0.717) is 10.7 Å². The second-order valence-electron chi connectivity index (χ2n) is 4.42. The molecule has 0 spiro atoms. The topological polar surface area (TPSA) is 29.5 Å². The third-order valence-corrected chi connectivity index (χ3v) is 2.04. The molecule has 0 fully saturated rings. The maximum absolute atomic E-state index is 11.8. The SMILES string of the molecule is C#CN(C(=O)OC(C)(C)C)c1ccc(Cl)cc1. The largest absolute Gasteiger partial charge is 0.443 e. The molecule has 1 rings (SSSR count). The molecule has 17 heavy (non-hydrogen) atoms. The van der Waals surface area contributed by atoms with Crippen molar-refractivity contribution in [3.05, 3.63) is 29.3 Å². The summed E-state index contributed by atoms with van der Waals surface area (Å²) >= 11 is 5.76. The molecular formula is C13H14ClNO2. The number of nitrogens with zero attached hydrogens (tertiary/aromatic N) is 1. The first-order valence-electron chi connectivity index (χ1n) is 5.08. The number of hydrogen-bond donors (Lipinski definition) is 0. The van der Waals surface area contributed by atoms with Gasteiger partial charge in [-0.05, 0) is 45.0 Å². The van der Waals surface area contributed by atoms with Crippen LogP contribution in [0, 0.1) is 12.5 Å². The van der Waals surface area contributed by atoms with Crippen LogP contribution in [0.3, 0.4) is 0 Å². The summed E-state index contributed by atoms with van der Waals surface area (Å²) in [5.41, 5.74) is -0.0374. The van der Waals surface area contributed by atoms with Crippen molar-refractivity contribution >= 4 is 23.4 Å². The van der Waals surface area contributed by atoms with Gasteiger partial charge in [-0.15, -0.1) is 0 Å². The molecule has 0 N–H and O–H groups in total. The quantitative estimate of drug-likeness (QED) is 0.563. The number of benzene rings is 1. The maximum atomic E-state index is 11.8. The van der Waals surface area contributed by atoms with E-state index in [4.69, 9.17) is 22.8 Å². The number of halogens is 1. The van der Waals surface area contributed by atoms with Gasteiger partial charge in [-0.1, -0.05) is 18.0 Å². The second kappa shape index (κ2) is 5.11. The molecule has 1 aromatic rings. The Morgan fingerprint density at radius 1 is 1.35 bits per heavy atom. The van der Waals surface area contributed by atoms with Crippen molar-refractivity contribution in [1.82, 2.24) is 0 Å². The van der Waals surface area contributed by atoms with Gasteiger partial charge >= 0.3 is 6.09 Å². The Morgan fingerprint density at radius 3 is 2.29 bits per heavy atom. The minimum atomic E-state index is -0.585. The van der Waals surface area contributed by atoms with Gasteiger partial charge in [-0.2, -0.15) is 0 Å². The van der Waals surface area contributed by atoms with Crippen molar-refractivity contribution in [2.24, 2.45) is 0 Å². The smallest absolute Gasteiger partial charge is 0.426 e. The molecule has 0 atom stereocenters. The molecule has 0 saturated carbocycles. The molecule has 0 unspecified atom stereocenters. The zero-order chi connectivity index (χ0) is 13.1. The predicted octanol–water partition coefficient (Wildman–Crippen LogP) is 3.67. The van der Waals surface area contributed by atoms with E-state index in [1.165, 1.54) is 0 Å². The van der Waals surface area contributed by atoms with Gasteiger partial charge in [0.1, 0.15) is 5.60 Å². The van der Waals surface area contributed by atoms with E-state index in [1.54, 1.807) is 45.0 Å². The molecule has 0 aromatic heterocycles. The van der Waals surface area contributed by atoms with Gasteiger partial charge in [-0.25, -0.2) is 9.69 Å². The van der Waals surface area contributed by atoms with Gasteiger partial charge in [0.25, 0.3) is 0 Å². The third kappa shape index (κ3) is 4.01. The summed E-state index contributed by atoms with van der Waals surface area (Å²) in [5.74, 6) is 0. The van der Waals surface area contributed by atoms with Gasteiger partial charge in [0.15, 0.2) is 0 Å². The summed E-state index contributed by atoms with van der Waals surface area (Å²) in [6, 6.07) is 8.91. The molecular weight excluding hydrogens is 238 g/mol. The molecule has 0 radical (unpaired) electrons. The summed E-state index contributed by atoms with van der Waals surface area (Å²) in [6.07, 6.45) is 4.72. The first kappa shape index (κ1) is 13.4. The first-order chi connectivity index (χ1) is 7.83. The molecule has 1 amide bonds. The van der Waals surface area contributed by atoms with Crippen LogP contribution in [0.1, 0.15) is 20.8 Å². The standard InChI is InChI=1S/C13H14ClNO2/c1-5-15(12(16)17-13(2,3)4)11-8-6-10(14)7-9-11/h1,6-9H,2-4H3.